The van der Waals surface area contributed by atoms with Gasteiger partial charge in [-0.15, -0.1) is 0 Å². The molecule has 2 aliphatic heterocycles. The van der Waals surface area contributed by atoms with E-state index in [-0.39, 0.29) is 18.6 Å². The lowest BCUT2D eigenvalue weighted by atomic mass is 10.1. The average Bonchev–Trinajstić information content (AvgIpc) is 3.26. The van der Waals surface area contributed by atoms with Crippen molar-refractivity contribution in [2.75, 3.05) is 18.2 Å². The zero-order chi connectivity index (χ0) is 18.1. The second-order valence-corrected chi connectivity index (χ2v) is 6.65. The van der Waals surface area contributed by atoms with Crippen molar-refractivity contribution in [2.45, 2.75) is 13.0 Å². The summed E-state index contributed by atoms with van der Waals surface area (Å²) in [5.74, 6) is 0.256. The molecule has 1 fully saturated rings. The predicted molar refractivity (Wildman–Crippen MR) is 96.3 cm³/mol. The van der Waals surface area contributed by atoms with E-state index in [9.17, 15) is 9.59 Å². The topological polar surface area (TPSA) is 67.9 Å². The molecule has 2 aromatic carbocycles. The molecular formula is C19H17ClN2O4. The lowest BCUT2D eigenvalue weighted by Crippen LogP contribution is -2.36. The van der Waals surface area contributed by atoms with Crippen LogP contribution in [0.3, 0.4) is 0 Å². The van der Waals surface area contributed by atoms with Gasteiger partial charge in [-0.1, -0.05) is 17.7 Å². The molecule has 0 aliphatic carbocycles. The van der Waals surface area contributed by atoms with E-state index < -0.39 is 5.92 Å². The van der Waals surface area contributed by atoms with E-state index in [2.05, 4.69) is 5.32 Å². The number of carbonyl (C=O) groups excluding carboxylic acids is 2. The Balaban J connectivity index is 1.38. The van der Waals surface area contributed by atoms with E-state index in [4.69, 9.17) is 21.1 Å². The summed E-state index contributed by atoms with van der Waals surface area (Å²) in [5, 5.41) is 3.45. The Kier molecular flexibility index (Phi) is 4.42. The molecule has 1 N–H and O–H groups in total. The monoisotopic (exact) mass is 372 g/mol. The number of anilines is 1. The zero-order valence-corrected chi connectivity index (χ0v) is 14.7. The molecule has 134 valence electrons. The van der Waals surface area contributed by atoms with E-state index in [0.29, 0.717) is 36.0 Å². The molecule has 0 aromatic heterocycles. The molecule has 1 saturated heterocycles. The van der Waals surface area contributed by atoms with Crippen molar-refractivity contribution in [3.8, 4) is 11.5 Å². The highest BCUT2D eigenvalue weighted by Crippen LogP contribution is 2.32. The van der Waals surface area contributed by atoms with Gasteiger partial charge in [0.2, 0.25) is 18.6 Å². The Labute approximate surface area is 155 Å². The summed E-state index contributed by atoms with van der Waals surface area (Å²) in [6.07, 6.45) is 0.494. The molecule has 0 radical (unpaired) electrons. The minimum Gasteiger partial charge on any atom is -0.454 e. The summed E-state index contributed by atoms with van der Waals surface area (Å²) < 4.78 is 10.6. The standard InChI is InChI=1S/C19H17ClN2O4/c20-13-2-4-14(5-3-13)22-8-7-15(19(22)24)18(23)21-10-12-1-6-16-17(9-12)26-11-25-16/h1-6,9,15H,7-8,10-11H2,(H,21,23)/t15-/m0/s1. The van der Waals surface area contributed by atoms with Crippen LogP contribution in [0.25, 0.3) is 0 Å². The fraction of sp³-hybridized carbons (Fsp3) is 0.263. The number of amides is 2. The summed E-state index contributed by atoms with van der Waals surface area (Å²) in [6.45, 7) is 1.06. The lowest BCUT2D eigenvalue weighted by molar-refractivity contribution is -0.132. The molecule has 0 bridgehead atoms. The quantitative estimate of drug-likeness (QED) is 0.838. The van der Waals surface area contributed by atoms with Gasteiger partial charge < -0.3 is 19.7 Å². The van der Waals surface area contributed by atoms with Gasteiger partial charge in [-0.3, -0.25) is 9.59 Å². The minimum absolute atomic E-state index is 0.185. The lowest BCUT2D eigenvalue weighted by Gasteiger charge is -2.17. The Morgan fingerprint density at radius 3 is 2.73 bits per heavy atom. The van der Waals surface area contributed by atoms with E-state index in [1.165, 1.54) is 0 Å². The largest absolute Gasteiger partial charge is 0.454 e. The SMILES string of the molecule is O=C(NCc1ccc2c(c1)OCO2)[C@@H]1CCN(c2ccc(Cl)cc2)C1=O. The molecule has 26 heavy (non-hydrogen) atoms. The van der Waals surface area contributed by atoms with Gasteiger partial charge in [0.1, 0.15) is 5.92 Å². The van der Waals surface area contributed by atoms with Gasteiger partial charge in [0.15, 0.2) is 11.5 Å². The molecule has 2 amide bonds. The van der Waals surface area contributed by atoms with E-state index in [0.717, 1.165) is 11.3 Å². The third-order valence-corrected chi connectivity index (χ3v) is 4.82. The number of nitrogens with one attached hydrogen (secondary N) is 1. The maximum Gasteiger partial charge on any atom is 0.239 e. The number of rotatable bonds is 4. The Morgan fingerprint density at radius 2 is 1.92 bits per heavy atom. The van der Waals surface area contributed by atoms with Crippen LogP contribution in [0.4, 0.5) is 5.69 Å². The van der Waals surface area contributed by atoms with Gasteiger partial charge in [0.05, 0.1) is 0 Å². The van der Waals surface area contributed by atoms with Crippen molar-refractivity contribution in [3.63, 3.8) is 0 Å². The van der Waals surface area contributed by atoms with Gasteiger partial charge in [-0.25, -0.2) is 0 Å². The minimum atomic E-state index is -0.667. The van der Waals surface area contributed by atoms with Crippen LogP contribution in [-0.4, -0.2) is 25.2 Å². The van der Waals surface area contributed by atoms with Crippen LogP contribution in [0.2, 0.25) is 5.02 Å². The summed E-state index contributed by atoms with van der Waals surface area (Å²) in [7, 11) is 0. The first kappa shape index (κ1) is 16.7. The summed E-state index contributed by atoms with van der Waals surface area (Å²) in [5.41, 5.74) is 1.65. The van der Waals surface area contributed by atoms with Crippen LogP contribution in [0.5, 0.6) is 11.5 Å². The molecule has 2 heterocycles. The number of halogens is 1. The summed E-state index contributed by atoms with van der Waals surface area (Å²) in [6, 6.07) is 12.5. The third kappa shape index (κ3) is 3.20. The van der Waals surface area contributed by atoms with Crippen LogP contribution < -0.4 is 19.7 Å². The van der Waals surface area contributed by atoms with Crippen molar-refractivity contribution in [3.05, 3.63) is 53.1 Å². The number of nitrogens with zero attached hydrogens (tertiary/aromatic N) is 1. The third-order valence-electron chi connectivity index (χ3n) is 4.56. The molecule has 2 aliphatic rings. The summed E-state index contributed by atoms with van der Waals surface area (Å²) in [4.78, 5) is 26.7. The fourth-order valence-corrected chi connectivity index (χ4v) is 3.29. The van der Waals surface area contributed by atoms with Crippen molar-refractivity contribution in [1.29, 1.82) is 0 Å². The Bertz CT molecular complexity index is 853. The van der Waals surface area contributed by atoms with Crippen LogP contribution in [-0.2, 0) is 16.1 Å². The Hall–Kier alpha value is -2.73. The van der Waals surface area contributed by atoms with Gasteiger partial charge in [-0.2, -0.15) is 0 Å². The van der Waals surface area contributed by atoms with Crippen LogP contribution in [0.1, 0.15) is 12.0 Å². The molecule has 1 atom stereocenters. The van der Waals surface area contributed by atoms with Gasteiger partial charge >= 0.3 is 0 Å². The number of hydrogen-bond acceptors (Lipinski definition) is 4. The molecule has 0 unspecified atom stereocenters. The predicted octanol–water partition coefficient (Wildman–Crippen LogP) is 2.74. The number of fused-ring (bicyclic) bond motifs is 1. The first-order chi connectivity index (χ1) is 12.6. The van der Waals surface area contributed by atoms with Gasteiger partial charge in [0.25, 0.3) is 0 Å². The molecular weight excluding hydrogens is 356 g/mol. The zero-order valence-electron chi connectivity index (χ0n) is 13.9. The van der Waals surface area contributed by atoms with E-state index >= 15 is 0 Å². The molecule has 4 rings (SSSR count). The normalized spacial score (nSPS) is 18.3. The van der Waals surface area contributed by atoms with Crippen LogP contribution in [0, 0.1) is 5.92 Å². The van der Waals surface area contributed by atoms with Crippen molar-refractivity contribution in [1.82, 2.24) is 5.32 Å². The maximum absolute atomic E-state index is 12.6. The first-order valence-corrected chi connectivity index (χ1v) is 8.73. The second-order valence-electron chi connectivity index (χ2n) is 6.21. The second kappa shape index (κ2) is 6.88. The molecule has 0 saturated carbocycles. The number of hydrogen-bond donors (Lipinski definition) is 1. The van der Waals surface area contributed by atoms with Gasteiger partial charge in [0, 0.05) is 23.8 Å². The van der Waals surface area contributed by atoms with Crippen molar-refractivity contribution in [2.24, 2.45) is 5.92 Å². The highest BCUT2D eigenvalue weighted by molar-refractivity contribution is 6.30. The van der Waals surface area contributed by atoms with Gasteiger partial charge in [-0.05, 0) is 48.4 Å². The highest BCUT2D eigenvalue weighted by atomic mass is 35.5. The molecule has 6 nitrogen and oxygen atoms in total. The molecule has 0 spiro atoms. The maximum atomic E-state index is 12.6. The fourth-order valence-electron chi connectivity index (χ4n) is 3.16. The first-order valence-electron chi connectivity index (χ1n) is 8.35. The van der Waals surface area contributed by atoms with Crippen LogP contribution >= 0.6 is 11.6 Å². The average molecular weight is 373 g/mol. The number of benzene rings is 2. The molecule has 7 heteroatoms. The van der Waals surface area contributed by atoms with E-state index in [1.807, 2.05) is 18.2 Å². The summed E-state index contributed by atoms with van der Waals surface area (Å²) >= 11 is 5.88. The van der Waals surface area contributed by atoms with Crippen molar-refractivity contribution < 1.29 is 19.1 Å². The highest BCUT2D eigenvalue weighted by Gasteiger charge is 2.37. The van der Waals surface area contributed by atoms with E-state index in [1.54, 1.807) is 29.2 Å². The number of ether oxygens (including phenoxy) is 2. The smallest absolute Gasteiger partial charge is 0.239 e. The van der Waals surface area contributed by atoms with Crippen LogP contribution in [0.15, 0.2) is 42.5 Å². The molecule has 2 aromatic rings. The van der Waals surface area contributed by atoms with Crippen molar-refractivity contribution >= 4 is 29.1 Å². The Morgan fingerprint density at radius 1 is 1.15 bits per heavy atom. The number of carbonyl (C=O) groups is 2.